The summed E-state index contributed by atoms with van der Waals surface area (Å²) in [6.07, 6.45) is -1.28. The number of aliphatic carboxylic acids is 1. The van der Waals surface area contributed by atoms with Gasteiger partial charge in [-0.25, -0.2) is 4.79 Å². The fourth-order valence-electron chi connectivity index (χ4n) is 1.20. The smallest absolute Gasteiger partial charge is 0.328 e. The van der Waals surface area contributed by atoms with Crippen molar-refractivity contribution in [3.63, 3.8) is 0 Å². The van der Waals surface area contributed by atoms with E-state index in [0.717, 1.165) is 0 Å². The van der Waals surface area contributed by atoms with Crippen molar-refractivity contribution in [3.05, 3.63) is 0 Å². The lowest BCUT2D eigenvalue weighted by Crippen LogP contribution is -2.57. The molecule has 4 atom stereocenters. The monoisotopic (exact) mass is 325 g/mol. The van der Waals surface area contributed by atoms with E-state index >= 15 is 0 Å². The van der Waals surface area contributed by atoms with Crippen LogP contribution in [-0.4, -0.2) is 63.7 Å². The first kappa shape index (κ1) is 19.0. The third-order valence-corrected chi connectivity index (χ3v) is 3.15. The highest BCUT2D eigenvalue weighted by Crippen LogP contribution is 1.97. The van der Waals surface area contributed by atoms with Crippen LogP contribution >= 0.6 is 25.3 Å². The van der Waals surface area contributed by atoms with Gasteiger partial charge in [-0.3, -0.25) is 9.59 Å². The Labute approximate surface area is 127 Å². The molecule has 0 rings (SSSR count). The standard InChI is InChI=1S/C10H19N3O5S2/c1-4(14)7(10(17)18)13-9(16)6(3-20)12-8(15)5(11)2-19/h4-7,14,19-20H,2-3,11H2,1H3,(H,12,15)(H,13,16)(H,17,18). The summed E-state index contributed by atoms with van der Waals surface area (Å²) in [4.78, 5) is 34.2. The second-order valence-electron chi connectivity index (χ2n) is 4.10. The summed E-state index contributed by atoms with van der Waals surface area (Å²) >= 11 is 7.76. The van der Waals surface area contributed by atoms with Crippen LogP contribution in [0.4, 0.5) is 0 Å². The molecule has 20 heavy (non-hydrogen) atoms. The summed E-state index contributed by atoms with van der Waals surface area (Å²) in [5, 5.41) is 22.5. The maximum Gasteiger partial charge on any atom is 0.328 e. The largest absolute Gasteiger partial charge is 0.480 e. The van der Waals surface area contributed by atoms with E-state index in [4.69, 9.17) is 10.8 Å². The maximum atomic E-state index is 11.8. The number of nitrogens with two attached hydrogens (primary N) is 1. The van der Waals surface area contributed by atoms with E-state index in [1.165, 1.54) is 6.92 Å². The number of nitrogens with one attached hydrogen (secondary N) is 2. The van der Waals surface area contributed by atoms with Crippen molar-refractivity contribution in [2.24, 2.45) is 5.73 Å². The number of carbonyl (C=O) groups excluding carboxylic acids is 2. The molecular weight excluding hydrogens is 306 g/mol. The first-order chi connectivity index (χ1) is 9.24. The minimum absolute atomic E-state index is 0.0526. The Morgan fingerprint density at radius 1 is 1.15 bits per heavy atom. The maximum absolute atomic E-state index is 11.8. The predicted molar refractivity (Wildman–Crippen MR) is 78.9 cm³/mol. The van der Waals surface area contributed by atoms with Gasteiger partial charge in [0.05, 0.1) is 12.1 Å². The van der Waals surface area contributed by atoms with E-state index in [-0.39, 0.29) is 11.5 Å². The number of rotatable bonds is 8. The van der Waals surface area contributed by atoms with Crippen molar-refractivity contribution in [2.45, 2.75) is 31.2 Å². The summed E-state index contributed by atoms with van der Waals surface area (Å²) in [7, 11) is 0. The predicted octanol–water partition coefficient (Wildman–Crippen LogP) is -2.39. The van der Waals surface area contributed by atoms with Crippen molar-refractivity contribution in [1.82, 2.24) is 10.6 Å². The molecule has 0 aliphatic carbocycles. The lowest BCUT2D eigenvalue weighted by atomic mass is 10.1. The number of carboxylic acids is 1. The van der Waals surface area contributed by atoms with Gasteiger partial charge in [0.25, 0.3) is 0 Å². The number of hydrogen-bond acceptors (Lipinski definition) is 7. The van der Waals surface area contributed by atoms with Gasteiger partial charge in [-0.2, -0.15) is 25.3 Å². The average molecular weight is 325 g/mol. The topological polar surface area (TPSA) is 142 Å². The molecule has 0 saturated carbocycles. The van der Waals surface area contributed by atoms with Gasteiger partial charge in [-0.05, 0) is 6.92 Å². The number of hydrogen-bond donors (Lipinski definition) is 7. The molecule has 0 bridgehead atoms. The number of amides is 2. The highest BCUT2D eigenvalue weighted by Gasteiger charge is 2.29. The lowest BCUT2D eigenvalue weighted by Gasteiger charge is -2.22. The summed E-state index contributed by atoms with van der Waals surface area (Å²) in [5.41, 5.74) is 5.44. The van der Waals surface area contributed by atoms with Crippen LogP contribution in [-0.2, 0) is 14.4 Å². The zero-order valence-corrected chi connectivity index (χ0v) is 12.6. The zero-order chi connectivity index (χ0) is 15.9. The van der Waals surface area contributed by atoms with Crippen LogP contribution in [0.2, 0.25) is 0 Å². The summed E-state index contributed by atoms with van der Waals surface area (Å²) in [6, 6.07) is -3.42. The van der Waals surface area contributed by atoms with Crippen molar-refractivity contribution in [1.29, 1.82) is 0 Å². The number of thiol groups is 2. The normalized spacial score (nSPS) is 16.6. The number of aliphatic hydroxyl groups is 1. The molecule has 116 valence electrons. The Kier molecular flexibility index (Phi) is 8.62. The fraction of sp³-hybridized carbons (Fsp3) is 0.700. The summed E-state index contributed by atoms with van der Waals surface area (Å²) < 4.78 is 0. The fourth-order valence-corrected chi connectivity index (χ4v) is 1.62. The number of aliphatic hydroxyl groups excluding tert-OH is 1. The van der Waals surface area contributed by atoms with E-state index in [0.29, 0.717) is 0 Å². The summed E-state index contributed by atoms with van der Waals surface area (Å²) in [6.45, 7) is 1.23. The molecule has 0 heterocycles. The SMILES string of the molecule is CC(O)C(NC(=O)C(CS)NC(=O)C(N)CS)C(=O)O. The minimum Gasteiger partial charge on any atom is -0.480 e. The minimum atomic E-state index is -1.47. The van der Waals surface area contributed by atoms with E-state index in [1.807, 2.05) is 0 Å². The Balaban J connectivity index is 4.70. The number of carboxylic acid groups (broad SMARTS) is 1. The molecule has 8 nitrogen and oxygen atoms in total. The third kappa shape index (κ3) is 5.99. The van der Waals surface area contributed by atoms with Gasteiger partial charge >= 0.3 is 5.97 Å². The van der Waals surface area contributed by atoms with Crippen molar-refractivity contribution in [2.75, 3.05) is 11.5 Å². The van der Waals surface area contributed by atoms with Gasteiger partial charge in [-0.15, -0.1) is 0 Å². The highest BCUT2D eigenvalue weighted by atomic mass is 32.1. The molecule has 0 aromatic carbocycles. The zero-order valence-electron chi connectivity index (χ0n) is 10.8. The van der Waals surface area contributed by atoms with Crippen molar-refractivity contribution in [3.8, 4) is 0 Å². The molecule has 2 amide bonds. The number of carbonyl (C=O) groups is 3. The van der Waals surface area contributed by atoms with Crippen LogP contribution in [0, 0.1) is 0 Å². The van der Waals surface area contributed by atoms with Gasteiger partial charge in [0.15, 0.2) is 6.04 Å². The quantitative estimate of drug-likeness (QED) is 0.248. The van der Waals surface area contributed by atoms with E-state index < -0.39 is 42.0 Å². The molecule has 10 heteroatoms. The Bertz CT molecular complexity index is 367. The van der Waals surface area contributed by atoms with E-state index in [1.54, 1.807) is 0 Å². The van der Waals surface area contributed by atoms with Crippen LogP contribution in [0.15, 0.2) is 0 Å². The first-order valence-electron chi connectivity index (χ1n) is 5.73. The van der Waals surface area contributed by atoms with E-state index in [2.05, 4.69) is 35.9 Å². The van der Waals surface area contributed by atoms with Crippen LogP contribution < -0.4 is 16.4 Å². The van der Waals surface area contributed by atoms with Gasteiger partial charge in [0.2, 0.25) is 11.8 Å². The van der Waals surface area contributed by atoms with Crippen molar-refractivity contribution < 1.29 is 24.6 Å². The molecule has 0 aromatic rings. The molecule has 0 radical (unpaired) electrons. The average Bonchev–Trinajstić information content (AvgIpc) is 2.39. The Morgan fingerprint density at radius 3 is 2.05 bits per heavy atom. The van der Waals surface area contributed by atoms with Crippen molar-refractivity contribution >= 4 is 43.0 Å². The molecule has 0 fully saturated rings. The van der Waals surface area contributed by atoms with Gasteiger partial charge in [0.1, 0.15) is 6.04 Å². The second-order valence-corrected chi connectivity index (χ2v) is 4.83. The summed E-state index contributed by atoms with van der Waals surface area (Å²) in [5.74, 6) is -2.71. The Morgan fingerprint density at radius 2 is 1.70 bits per heavy atom. The van der Waals surface area contributed by atoms with Gasteiger partial charge < -0.3 is 26.6 Å². The molecule has 0 aliphatic rings. The molecule has 4 unspecified atom stereocenters. The van der Waals surface area contributed by atoms with Gasteiger partial charge in [0, 0.05) is 11.5 Å². The third-order valence-electron chi connectivity index (χ3n) is 2.40. The van der Waals surface area contributed by atoms with Crippen LogP contribution in [0.1, 0.15) is 6.92 Å². The van der Waals surface area contributed by atoms with Crippen LogP contribution in [0.5, 0.6) is 0 Å². The molecule has 0 saturated heterocycles. The molecule has 0 aromatic heterocycles. The van der Waals surface area contributed by atoms with Gasteiger partial charge in [-0.1, -0.05) is 0 Å². The Hall–Kier alpha value is -0.970. The first-order valence-corrected chi connectivity index (χ1v) is 7.00. The lowest BCUT2D eigenvalue weighted by molar-refractivity contribution is -0.145. The molecule has 0 aliphatic heterocycles. The molecule has 0 spiro atoms. The molecular formula is C10H19N3O5S2. The van der Waals surface area contributed by atoms with Crippen LogP contribution in [0.3, 0.4) is 0 Å². The highest BCUT2D eigenvalue weighted by molar-refractivity contribution is 7.80. The molecule has 6 N–H and O–H groups in total. The van der Waals surface area contributed by atoms with E-state index in [9.17, 15) is 19.5 Å². The second kappa shape index (κ2) is 9.06. The van der Waals surface area contributed by atoms with Crippen LogP contribution in [0.25, 0.3) is 0 Å².